The van der Waals surface area contributed by atoms with Gasteiger partial charge in [-0.05, 0) is 37.8 Å². The molecule has 0 amide bonds. The minimum Gasteiger partial charge on any atom is -0.464 e. The molecule has 2 heterocycles. The highest BCUT2D eigenvalue weighted by Crippen LogP contribution is 2.36. The maximum absolute atomic E-state index is 12.8. The molecule has 1 saturated carbocycles. The monoisotopic (exact) mass is 594 g/mol. The van der Waals surface area contributed by atoms with Crippen molar-refractivity contribution in [1.82, 2.24) is 19.7 Å². The summed E-state index contributed by atoms with van der Waals surface area (Å²) in [6.07, 6.45) is -0.00147. The van der Waals surface area contributed by atoms with Gasteiger partial charge < -0.3 is 29.2 Å². The number of ether oxygens (including phenoxy) is 4. The lowest BCUT2D eigenvalue weighted by molar-refractivity contribution is -0.193. The molecule has 15 nitrogen and oxygen atoms in total. The van der Waals surface area contributed by atoms with E-state index in [2.05, 4.69) is 15.2 Å². The summed E-state index contributed by atoms with van der Waals surface area (Å²) in [5.41, 5.74) is 4.39. The van der Waals surface area contributed by atoms with Crippen LogP contribution >= 0.6 is 8.18 Å². The van der Waals surface area contributed by atoms with Crippen molar-refractivity contribution < 1.29 is 42.4 Å². The van der Waals surface area contributed by atoms with Crippen LogP contribution < -0.4 is 10.8 Å². The number of anilines is 1. The van der Waals surface area contributed by atoms with Crippen LogP contribution in [0.25, 0.3) is 5.52 Å². The molecule has 0 spiro atoms. The maximum atomic E-state index is 12.8. The molecule has 0 aromatic carbocycles. The molecule has 2 aromatic rings. The molecule has 0 saturated heterocycles. The van der Waals surface area contributed by atoms with Crippen LogP contribution in [0.1, 0.15) is 58.3 Å². The van der Waals surface area contributed by atoms with E-state index in [0.29, 0.717) is 18.0 Å². The average Bonchev–Trinajstić information content (AvgIpc) is 3.71. The van der Waals surface area contributed by atoms with Crippen molar-refractivity contribution in [2.24, 2.45) is 5.92 Å². The number of carbonyl (C=O) groups excluding carboxylic acids is 3. The minimum atomic E-state index is -3.14. The zero-order valence-electron chi connectivity index (χ0n) is 23.3. The maximum Gasteiger partial charge on any atom is 0.323 e. The third-order valence-electron chi connectivity index (χ3n) is 6.45. The second-order valence-corrected chi connectivity index (χ2v) is 10.6. The predicted molar refractivity (Wildman–Crippen MR) is 143 cm³/mol. The lowest BCUT2D eigenvalue weighted by atomic mass is 9.92. The Morgan fingerprint density at radius 1 is 1.24 bits per heavy atom. The van der Waals surface area contributed by atoms with Gasteiger partial charge in [-0.2, -0.15) is 10.4 Å². The van der Waals surface area contributed by atoms with Gasteiger partial charge in [0.2, 0.25) is 5.60 Å². The number of nitrogens with one attached hydrogen (secondary N) is 1. The molecular weight excluding hydrogens is 559 g/mol. The molecule has 1 aliphatic rings. The second-order valence-electron chi connectivity index (χ2n) is 9.45. The fourth-order valence-electron chi connectivity index (χ4n) is 3.78. The van der Waals surface area contributed by atoms with Gasteiger partial charge in [0.1, 0.15) is 30.6 Å². The van der Waals surface area contributed by atoms with Gasteiger partial charge in [-0.1, -0.05) is 13.8 Å². The molecule has 1 unspecified atom stereocenters. The molecule has 0 radical (unpaired) electrons. The Bertz CT molecular complexity index is 1310. The van der Waals surface area contributed by atoms with E-state index < -0.39 is 56.5 Å². The number of rotatable bonds is 16. The number of aromatic nitrogens is 3. The van der Waals surface area contributed by atoms with Gasteiger partial charge in [0.05, 0.1) is 12.3 Å². The lowest BCUT2D eigenvalue weighted by Gasteiger charge is -2.37. The Labute approximate surface area is 237 Å². The highest BCUT2D eigenvalue weighted by Gasteiger charge is 2.51. The van der Waals surface area contributed by atoms with Crippen molar-refractivity contribution in [3.05, 3.63) is 24.2 Å². The van der Waals surface area contributed by atoms with Gasteiger partial charge in [0.15, 0.2) is 18.0 Å². The summed E-state index contributed by atoms with van der Waals surface area (Å²) in [6, 6.07) is 4.08. The number of nitrogen functional groups attached to an aromatic ring is 1. The topological polar surface area (TPSA) is 206 Å². The van der Waals surface area contributed by atoms with Gasteiger partial charge >= 0.3 is 17.9 Å². The van der Waals surface area contributed by atoms with Crippen molar-refractivity contribution in [3.8, 4) is 6.07 Å². The first-order chi connectivity index (χ1) is 19.6. The highest BCUT2D eigenvalue weighted by atomic mass is 31.1. The van der Waals surface area contributed by atoms with Crippen molar-refractivity contribution in [2.45, 2.75) is 70.3 Å². The number of fused-ring (bicyclic) bond motifs is 1. The number of nitrogens with zero attached hydrogens (tertiary/aromatic N) is 4. The number of nitriles is 1. The van der Waals surface area contributed by atoms with E-state index in [1.165, 1.54) is 30.8 Å². The van der Waals surface area contributed by atoms with E-state index in [9.17, 15) is 24.2 Å². The molecule has 224 valence electrons. The molecule has 16 heteroatoms. The Kier molecular flexibility index (Phi) is 11.2. The predicted octanol–water partition coefficient (Wildman–Crippen LogP) is 1.87. The van der Waals surface area contributed by atoms with Gasteiger partial charge in [-0.25, -0.2) is 14.6 Å². The molecule has 1 fully saturated rings. The summed E-state index contributed by atoms with van der Waals surface area (Å²) in [7, 11) is -1.98. The highest BCUT2D eigenvalue weighted by molar-refractivity contribution is 7.36. The van der Waals surface area contributed by atoms with Crippen molar-refractivity contribution in [3.63, 3.8) is 0 Å². The summed E-state index contributed by atoms with van der Waals surface area (Å²) >= 11 is 0. The number of nitrogens with two attached hydrogens (primary N) is 1. The van der Waals surface area contributed by atoms with Crippen LogP contribution in [0.15, 0.2) is 18.5 Å². The Morgan fingerprint density at radius 2 is 1.93 bits per heavy atom. The minimum absolute atomic E-state index is 0.0409. The van der Waals surface area contributed by atoms with E-state index in [1.54, 1.807) is 13.0 Å². The summed E-state index contributed by atoms with van der Waals surface area (Å²) in [6.45, 7) is 4.16. The number of hydrogen-bond acceptors (Lipinski definition) is 13. The smallest absolute Gasteiger partial charge is 0.323 e. The fourth-order valence-corrected chi connectivity index (χ4v) is 4.68. The first-order valence-corrected chi connectivity index (χ1v) is 14.4. The third-order valence-corrected chi connectivity index (χ3v) is 7.52. The molecule has 41 heavy (non-hydrogen) atoms. The van der Waals surface area contributed by atoms with Crippen LogP contribution in [0.3, 0.4) is 0 Å². The van der Waals surface area contributed by atoms with Crippen molar-refractivity contribution >= 4 is 37.4 Å². The number of carbonyl (C=O) groups is 3. The van der Waals surface area contributed by atoms with Crippen LogP contribution in [0.4, 0.5) is 5.82 Å². The Morgan fingerprint density at radius 3 is 2.54 bits per heavy atom. The third kappa shape index (κ3) is 8.01. The second kappa shape index (κ2) is 14.4. The molecule has 2 aromatic heterocycles. The SMILES string of the molecule is CCC(=O)O[C@@H](c1ccc2c(N)ncnn12)[C@H](OC(=O)CC)[C@@](C#N)(CO[PH](=O)N[C@@H](C)C(=O)OCC1CC1)OC. The van der Waals surface area contributed by atoms with Crippen LogP contribution in [-0.4, -0.2) is 70.6 Å². The fraction of sp³-hybridized carbons (Fsp3) is 0.600. The zero-order chi connectivity index (χ0) is 30.2. The van der Waals surface area contributed by atoms with E-state index >= 15 is 0 Å². The largest absolute Gasteiger partial charge is 0.464 e. The van der Waals surface area contributed by atoms with Gasteiger partial charge in [0, 0.05) is 20.0 Å². The molecule has 5 atom stereocenters. The molecule has 0 bridgehead atoms. The normalized spacial score (nSPS) is 17.4. The van der Waals surface area contributed by atoms with Gasteiger partial charge in [0.25, 0.3) is 8.18 Å². The Hall–Kier alpha value is -3.57. The van der Waals surface area contributed by atoms with E-state index in [1.807, 2.05) is 6.07 Å². The molecule has 3 rings (SSSR count). The van der Waals surface area contributed by atoms with Gasteiger partial charge in [-0.15, -0.1) is 0 Å². The standard InChI is InChI=1S/C25H35N6O9P/c1-5-19(32)39-21(17-9-10-18-23(27)28-14-29-31(17)18)22(40-20(33)6-2)25(12-26,36-4)13-38-41(35)30-15(3)24(34)37-11-16-7-8-16/h9-10,14-16,21-22,41H,5-8,11,13H2,1-4H3,(H,30,35)(H2,27,28,29)/t15-,21-,22-,25+/m0/s1. The van der Waals surface area contributed by atoms with Crippen molar-refractivity contribution in [2.75, 3.05) is 26.1 Å². The molecule has 3 N–H and O–H groups in total. The molecule has 1 aliphatic carbocycles. The average molecular weight is 595 g/mol. The first kappa shape index (κ1) is 32.0. The summed E-state index contributed by atoms with van der Waals surface area (Å²) < 4.78 is 41.6. The molecular formula is C25H35N6O9P. The number of methoxy groups -OCH3 is 1. The zero-order valence-corrected chi connectivity index (χ0v) is 24.3. The van der Waals surface area contributed by atoms with Crippen molar-refractivity contribution in [1.29, 1.82) is 5.26 Å². The lowest BCUT2D eigenvalue weighted by Crippen LogP contribution is -2.53. The van der Waals surface area contributed by atoms with E-state index in [0.717, 1.165) is 20.0 Å². The summed E-state index contributed by atoms with van der Waals surface area (Å²) in [5.74, 6) is -1.53. The Balaban J connectivity index is 1.92. The summed E-state index contributed by atoms with van der Waals surface area (Å²) in [5, 5.41) is 17.0. The summed E-state index contributed by atoms with van der Waals surface area (Å²) in [4.78, 5) is 41.3. The van der Waals surface area contributed by atoms with Gasteiger partial charge in [-0.3, -0.25) is 18.9 Å². The first-order valence-electron chi connectivity index (χ1n) is 13.1. The van der Waals surface area contributed by atoms with Crippen LogP contribution in [-0.2, 0) is 42.4 Å². The molecule has 0 aliphatic heterocycles. The quantitative estimate of drug-likeness (QED) is 0.162. The van der Waals surface area contributed by atoms with E-state index in [-0.39, 0.29) is 24.4 Å². The van der Waals surface area contributed by atoms with Crippen LogP contribution in [0.2, 0.25) is 0 Å². The number of esters is 3. The van der Waals surface area contributed by atoms with E-state index in [4.69, 9.17) is 29.2 Å². The van der Waals surface area contributed by atoms with Crippen LogP contribution in [0.5, 0.6) is 0 Å². The number of hydrogen-bond donors (Lipinski definition) is 2. The van der Waals surface area contributed by atoms with Crippen LogP contribution in [0, 0.1) is 17.2 Å².